The van der Waals surface area contributed by atoms with Gasteiger partial charge in [-0.3, -0.25) is 4.79 Å². The van der Waals surface area contributed by atoms with Crippen molar-refractivity contribution in [3.8, 4) is 0 Å². The molecule has 1 aromatic carbocycles. The van der Waals surface area contributed by atoms with E-state index < -0.39 is 37.3 Å². The summed E-state index contributed by atoms with van der Waals surface area (Å²) in [5.41, 5.74) is 1.61. The maximum absolute atomic E-state index is 12.3. The molecule has 1 amide bonds. The summed E-state index contributed by atoms with van der Waals surface area (Å²) >= 11 is 0. The lowest BCUT2D eigenvalue weighted by molar-refractivity contribution is -0.251. The first-order chi connectivity index (χ1) is 14.4. The molecule has 0 radical (unpaired) electrons. The van der Waals surface area contributed by atoms with Gasteiger partial charge >= 0.3 is 0 Å². The van der Waals surface area contributed by atoms with Gasteiger partial charge < -0.3 is 34.6 Å². The van der Waals surface area contributed by atoms with Crippen LogP contribution in [0.3, 0.4) is 0 Å². The molecule has 4 N–H and O–H groups in total. The number of rotatable bonds is 7. The third kappa shape index (κ3) is 5.13. The highest BCUT2D eigenvalue weighted by molar-refractivity contribution is 5.91. The van der Waals surface area contributed by atoms with Crippen LogP contribution in [0.5, 0.6) is 0 Å². The predicted octanol–water partition coefficient (Wildman–Crippen LogP) is -0.430. The minimum atomic E-state index is -1.45. The minimum absolute atomic E-state index is 0.132. The van der Waals surface area contributed by atoms with Crippen LogP contribution in [0.2, 0.25) is 0 Å². The van der Waals surface area contributed by atoms with Gasteiger partial charge in [0.05, 0.1) is 18.6 Å². The molecule has 1 fully saturated rings. The third-order valence-corrected chi connectivity index (χ3v) is 5.11. The molecule has 9 heteroatoms. The molecular formula is C21H27N3O6. The van der Waals surface area contributed by atoms with E-state index in [1.807, 2.05) is 30.3 Å². The van der Waals surface area contributed by atoms with Crippen molar-refractivity contribution >= 4 is 12.0 Å². The Labute approximate surface area is 174 Å². The number of aliphatic hydroxyl groups excluding tert-OH is 4. The van der Waals surface area contributed by atoms with E-state index in [9.17, 15) is 25.2 Å². The molecule has 1 aliphatic rings. The Bertz CT molecular complexity index is 853. The Balaban J connectivity index is 1.56. The second-order valence-corrected chi connectivity index (χ2v) is 7.29. The highest BCUT2D eigenvalue weighted by Gasteiger charge is 2.44. The fraction of sp³-hybridized carbons (Fsp3) is 0.429. The molecule has 1 aliphatic heterocycles. The lowest BCUT2D eigenvalue weighted by Gasteiger charge is -2.40. The standard InChI is InChI=1S/C21H27N3O6/c1-23(17(26)8-7-14-5-3-2-4-6-14)10-9-15-11-24(13-22-15)21-20(29)19(28)18(27)16(12-25)30-21/h2-8,11,13,16,18-21,25,27-29H,9-10,12H2,1H3/b8-7+/t16-,18-,19+,20+,21-/m1/s1. The van der Waals surface area contributed by atoms with E-state index in [-0.39, 0.29) is 5.91 Å². The van der Waals surface area contributed by atoms with E-state index in [2.05, 4.69) is 4.98 Å². The molecule has 5 atom stereocenters. The van der Waals surface area contributed by atoms with Gasteiger partial charge in [0.25, 0.3) is 0 Å². The van der Waals surface area contributed by atoms with Crippen molar-refractivity contribution < 1.29 is 30.0 Å². The molecule has 2 heterocycles. The number of hydrogen-bond donors (Lipinski definition) is 4. The number of carbonyl (C=O) groups excluding carboxylic acids is 1. The van der Waals surface area contributed by atoms with Crippen LogP contribution in [-0.2, 0) is 16.0 Å². The van der Waals surface area contributed by atoms with Crippen molar-refractivity contribution in [1.29, 1.82) is 0 Å². The minimum Gasteiger partial charge on any atom is -0.394 e. The summed E-state index contributed by atoms with van der Waals surface area (Å²) in [7, 11) is 1.70. The number of imidazole rings is 1. The van der Waals surface area contributed by atoms with Crippen LogP contribution in [0.4, 0.5) is 0 Å². The normalized spacial score (nSPS) is 26.8. The number of benzene rings is 1. The summed E-state index contributed by atoms with van der Waals surface area (Å²) in [6.07, 6.45) is 0.621. The molecule has 0 aliphatic carbocycles. The lowest BCUT2D eigenvalue weighted by atomic mass is 9.98. The summed E-state index contributed by atoms with van der Waals surface area (Å²) in [6, 6.07) is 9.54. The summed E-state index contributed by atoms with van der Waals surface area (Å²) in [5, 5.41) is 39.3. The quantitative estimate of drug-likeness (QED) is 0.450. The Kier molecular flexibility index (Phi) is 7.35. The topological polar surface area (TPSA) is 128 Å². The number of carbonyl (C=O) groups is 1. The molecule has 0 saturated carbocycles. The molecule has 9 nitrogen and oxygen atoms in total. The predicted molar refractivity (Wildman–Crippen MR) is 108 cm³/mol. The number of ether oxygens (including phenoxy) is 1. The highest BCUT2D eigenvalue weighted by Crippen LogP contribution is 2.28. The summed E-state index contributed by atoms with van der Waals surface area (Å²) < 4.78 is 6.99. The summed E-state index contributed by atoms with van der Waals surface area (Å²) in [6.45, 7) is -0.0595. The van der Waals surface area contributed by atoms with E-state index in [1.54, 1.807) is 24.2 Å². The van der Waals surface area contributed by atoms with Crippen LogP contribution in [0.25, 0.3) is 6.08 Å². The molecular weight excluding hydrogens is 390 g/mol. The second kappa shape index (κ2) is 9.96. The van der Waals surface area contributed by atoms with Crippen molar-refractivity contribution in [1.82, 2.24) is 14.5 Å². The number of amides is 1. The monoisotopic (exact) mass is 417 g/mol. The van der Waals surface area contributed by atoms with Crippen LogP contribution in [0.15, 0.2) is 48.9 Å². The number of likely N-dealkylation sites (N-methyl/N-ethyl adjacent to an activating group) is 1. The lowest BCUT2D eigenvalue weighted by Crippen LogP contribution is -2.56. The van der Waals surface area contributed by atoms with Crippen LogP contribution < -0.4 is 0 Å². The maximum Gasteiger partial charge on any atom is 0.246 e. The van der Waals surface area contributed by atoms with Gasteiger partial charge in [-0.25, -0.2) is 4.98 Å². The van der Waals surface area contributed by atoms with E-state index in [0.29, 0.717) is 18.7 Å². The molecule has 0 spiro atoms. The van der Waals surface area contributed by atoms with Gasteiger partial charge in [-0.1, -0.05) is 30.3 Å². The number of nitrogens with zero attached hydrogens (tertiary/aromatic N) is 3. The maximum atomic E-state index is 12.3. The Hall–Kier alpha value is -2.56. The molecule has 30 heavy (non-hydrogen) atoms. The zero-order chi connectivity index (χ0) is 21.7. The van der Waals surface area contributed by atoms with E-state index in [4.69, 9.17) is 4.74 Å². The van der Waals surface area contributed by atoms with Gasteiger partial charge in [-0.2, -0.15) is 0 Å². The van der Waals surface area contributed by atoms with Gasteiger partial charge in [-0.05, 0) is 11.6 Å². The van der Waals surface area contributed by atoms with E-state index in [1.165, 1.54) is 17.0 Å². The van der Waals surface area contributed by atoms with Gasteiger partial charge in [0.2, 0.25) is 5.91 Å². The van der Waals surface area contributed by atoms with Crippen molar-refractivity contribution in [2.24, 2.45) is 0 Å². The number of aliphatic hydroxyl groups is 4. The average Bonchev–Trinajstić information content (AvgIpc) is 3.24. The number of aromatic nitrogens is 2. The van der Waals surface area contributed by atoms with Crippen molar-refractivity contribution in [2.45, 2.75) is 37.1 Å². The molecule has 0 bridgehead atoms. The van der Waals surface area contributed by atoms with Crippen molar-refractivity contribution in [3.63, 3.8) is 0 Å². The molecule has 1 aromatic heterocycles. The molecule has 3 rings (SSSR count). The highest BCUT2D eigenvalue weighted by atomic mass is 16.6. The molecule has 0 unspecified atom stereocenters. The third-order valence-electron chi connectivity index (χ3n) is 5.11. The Morgan fingerprint density at radius 2 is 1.93 bits per heavy atom. The first kappa shape index (κ1) is 22.1. The summed E-state index contributed by atoms with van der Waals surface area (Å²) in [4.78, 5) is 18.1. The zero-order valence-electron chi connectivity index (χ0n) is 16.7. The summed E-state index contributed by atoms with van der Waals surface area (Å²) in [5.74, 6) is -0.132. The average molecular weight is 417 g/mol. The first-order valence-electron chi connectivity index (χ1n) is 9.71. The van der Waals surface area contributed by atoms with E-state index >= 15 is 0 Å². The molecule has 2 aromatic rings. The van der Waals surface area contributed by atoms with Crippen LogP contribution in [0.1, 0.15) is 17.5 Å². The SMILES string of the molecule is CN(CCc1cn([C@@H]2O[C@H](CO)[C@@H](O)[C@H](O)[C@@H]2O)cn1)C(=O)/C=C/c1ccccc1. The van der Waals surface area contributed by atoms with Crippen LogP contribution in [0, 0.1) is 0 Å². The van der Waals surface area contributed by atoms with Gasteiger partial charge in [0, 0.05) is 32.3 Å². The zero-order valence-corrected chi connectivity index (χ0v) is 16.7. The van der Waals surface area contributed by atoms with Crippen molar-refractivity contribution in [3.05, 3.63) is 60.2 Å². The smallest absolute Gasteiger partial charge is 0.246 e. The number of hydrogen-bond acceptors (Lipinski definition) is 7. The van der Waals surface area contributed by atoms with E-state index in [0.717, 1.165) is 5.56 Å². The molecule has 1 saturated heterocycles. The molecule has 162 valence electrons. The van der Waals surface area contributed by atoms with Gasteiger partial charge in [-0.15, -0.1) is 0 Å². The van der Waals surface area contributed by atoms with Gasteiger partial charge in [0.15, 0.2) is 6.23 Å². The van der Waals surface area contributed by atoms with Gasteiger partial charge in [0.1, 0.15) is 24.4 Å². The largest absolute Gasteiger partial charge is 0.394 e. The Morgan fingerprint density at radius 1 is 1.20 bits per heavy atom. The van der Waals surface area contributed by atoms with Crippen LogP contribution in [-0.4, -0.2) is 85.4 Å². The first-order valence-corrected chi connectivity index (χ1v) is 9.71. The second-order valence-electron chi connectivity index (χ2n) is 7.29. The fourth-order valence-electron chi connectivity index (χ4n) is 3.23. The Morgan fingerprint density at radius 3 is 2.63 bits per heavy atom. The van der Waals surface area contributed by atoms with Crippen LogP contribution >= 0.6 is 0 Å². The fourth-order valence-corrected chi connectivity index (χ4v) is 3.23. The van der Waals surface area contributed by atoms with Crippen molar-refractivity contribution in [2.75, 3.05) is 20.2 Å².